The maximum Gasteiger partial charge on any atom is 0.223 e. The molecular weight excluding hydrogens is 194 g/mol. The molecule has 88 valence electrons. The van der Waals surface area contributed by atoms with Gasteiger partial charge in [0.2, 0.25) is 11.8 Å². The molecule has 0 atom stereocenters. The van der Waals surface area contributed by atoms with Crippen LogP contribution in [0.1, 0.15) is 19.3 Å². The first-order valence-corrected chi connectivity index (χ1v) is 5.19. The van der Waals surface area contributed by atoms with Crippen LogP contribution in [0.5, 0.6) is 0 Å². The van der Waals surface area contributed by atoms with Crippen LogP contribution in [0.15, 0.2) is 0 Å². The summed E-state index contributed by atoms with van der Waals surface area (Å²) in [6.07, 6.45) is 1.70. The van der Waals surface area contributed by atoms with Crippen molar-refractivity contribution in [2.45, 2.75) is 19.3 Å². The summed E-state index contributed by atoms with van der Waals surface area (Å²) in [6.45, 7) is 1.26. The van der Waals surface area contributed by atoms with E-state index in [1.54, 1.807) is 14.1 Å². The quantitative estimate of drug-likeness (QED) is 0.567. The lowest BCUT2D eigenvalue weighted by Crippen LogP contribution is -2.30. The van der Waals surface area contributed by atoms with Crippen molar-refractivity contribution in [1.82, 2.24) is 15.5 Å². The number of nitrogens with zero attached hydrogens (tertiary/aromatic N) is 1. The van der Waals surface area contributed by atoms with Crippen LogP contribution in [0.3, 0.4) is 0 Å². The Morgan fingerprint density at radius 3 is 2.33 bits per heavy atom. The van der Waals surface area contributed by atoms with Gasteiger partial charge in [-0.05, 0) is 20.0 Å². The molecular formula is C10H21N3O2. The summed E-state index contributed by atoms with van der Waals surface area (Å²) in [7, 11) is 5.27. The van der Waals surface area contributed by atoms with Gasteiger partial charge in [0.25, 0.3) is 0 Å². The summed E-state index contributed by atoms with van der Waals surface area (Å²) < 4.78 is 0. The van der Waals surface area contributed by atoms with Crippen molar-refractivity contribution in [1.29, 1.82) is 0 Å². The zero-order valence-corrected chi connectivity index (χ0v) is 9.80. The number of carbonyl (C=O) groups excluding carboxylic acids is 2. The lowest BCUT2D eigenvalue weighted by Gasteiger charge is -2.10. The first-order chi connectivity index (χ1) is 7.07. The minimum atomic E-state index is 0.0109. The summed E-state index contributed by atoms with van der Waals surface area (Å²) >= 11 is 0. The summed E-state index contributed by atoms with van der Waals surface area (Å²) in [5, 5.41) is 5.68. The smallest absolute Gasteiger partial charge is 0.223 e. The third-order valence-electron chi connectivity index (χ3n) is 1.99. The lowest BCUT2D eigenvalue weighted by molar-refractivity contribution is -0.128. The van der Waals surface area contributed by atoms with Crippen LogP contribution in [-0.4, -0.2) is 50.9 Å². The Balaban J connectivity index is 3.42. The Bertz CT molecular complexity index is 205. The number of nitrogens with one attached hydrogen (secondary N) is 2. The highest BCUT2D eigenvalue weighted by atomic mass is 16.2. The summed E-state index contributed by atoms with van der Waals surface area (Å²) in [5.41, 5.74) is 0. The van der Waals surface area contributed by atoms with E-state index in [0.717, 1.165) is 13.0 Å². The molecule has 2 amide bonds. The van der Waals surface area contributed by atoms with Gasteiger partial charge in [-0.1, -0.05) is 0 Å². The molecule has 0 unspecified atom stereocenters. The van der Waals surface area contributed by atoms with Crippen LogP contribution in [0.2, 0.25) is 0 Å². The minimum Gasteiger partial charge on any atom is -0.356 e. The number of rotatable bonds is 7. The molecule has 0 aromatic carbocycles. The van der Waals surface area contributed by atoms with Crippen molar-refractivity contribution in [3.05, 3.63) is 0 Å². The number of hydrogen-bond acceptors (Lipinski definition) is 3. The van der Waals surface area contributed by atoms with Gasteiger partial charge in [0.15, 0.2) is 0 Å². The van der Waals surface area contributed by atoms with Gasteiger partial charge >= 0.3 is 0 Å². The van der Waals surface area contributed by atoms with Crippen molar-refractivity contribution in [3.63, 3.8) is 0 Å². The first kappa shape index (κ1) is 13.9. The highest BCUT2D eigenvalue weighted by molar-refractivity contribution is 5.78. The molecule has 0 spiro atoms. The highest BCUT2D eigenvalue weighted by Crippen LogP contribution is 1.89. The molecule has 0 saturated heterocycles. The molecule has 0 bridgehead atoms. The molecule has 0 aromatic heterocycles. The summed E-state index contributed by atoms with van der Waals surface area (Å²) in [5.74, 6) is 0.0438. The van der Waals surface area contributed by atoms with E-state index in [-0.39, 0.29) is 11.8 Å². The predicted octanol–water partition coefficient (Wildman–Crippen LogP) is -0.419. The Kier molecular flexibility index (Phi) is 7.62. The van der Waals surface area contributed by atoms with E-state index in [9.17, 15) is 9.59 Å². The zero-order chi connectivity index (χ0) is 11.7. The van der Waals surface area contributed by atoms with Crippen molar-refractivity contribution in [2.75, 3.05) is 34.2 Å². The molecule has 0 saturated carbocycles. The lowest BCUT2D eigenvalue weighted by atomic mass is 10.3. The van der Waals surface area contributed by atoms with E-state index in [2.05, 4.69) is 10.6 Å². The number of amides is 2. The molecule has 2 N–H and O–H groups in total. The number of carbonyl (C=O) groups is 2. The Labute approximate surface area is 91.2 Å². The SMILES string of the molecule is CNCCCC(=O)NCCC(=O)N(C)C. The summed E-state index contributed by atoms with van der Waals surface area (Å²) in [6, 6.07) is 0. The van der Waals surface area contributed by atoms with Gasteiger partial charge < -0.3 is 15.5 Å². The molecule has 5 nitrogen and oxygen atoms in total. The van der Waals surface area contributed by atoms with Crippen molar-refractivity contribution in [2.24, 2.45) is 0 Å². The van der Waals surface area contributed by atoms with Gasteiger partial charge in [0.05, 0.1) is 0 Å². The first-order valence-electron chi connectivity index (χ1n) is 5.19. The van der Waals surface area contributed by atoms with Crippen LogP contribution >= 0.6 is 0 Å². The van der Waals surface area contributed by atoms with Gasteiger partial charge in [-0.15, -0.1) is 0 Å². The fraction of sp³-hybridized carbons (Fsp3) is 0.800. The zero-order valence-electron chi connectivity index (χ0n) is 9.80. The van der Waals surface area contributed by atoms with Crippen LogP contribution in [0.25, 0.3) is 0 Å². The normalized spacial score (nSPS) is 9.80. The largest absolute Gasteiger partial charge is 0.356 e. The fourth-order valence-corrected chi connectivity index (χ4v) is 1.05. The van der Waals surface area contributed by atoms with E-state index >= 15 is 0 Å². The van der Waals surface area contributed by atoms with Crippen LogP contribution < -0.4 is 10.6 Å². The molecule has 0 heterocycles. The summed E-state index contributed by atoms with van der Waals surface area (Å²) in [4.78, 5) is 23.9. The Morgan fingerprint density at radius 2 is 1.80 bits per heavy atom. The van der Waals surface area contributed by atoms with Gasteiger partial charge in [0.1, 0.15) is 0 Å². The van der Waals surface area contributed by atoms with Gasteiger partial charge in [0, 0.05) is 33.5 Å². The molecule has 0 fully saturated rings. The molecule has 15 heavy (non-hydrogen) atoms. The van der Waals surface area contributed by atoms with Crippen molar-refractivity contribution in [3.8, 4) is 0 Å². The van der Waals surface area contributed by atoms with Crippen LogP contribution in [-0.2, 0) is 9.59 Å². The second-order valence-corrected chi connectivity index (χ2v) is 3.60. The minimum absolute atomic E-state index is 0.0109. The highest BCUT2D eigenvalue weighted by Gasteiger charge is 2.04. The van der Waals surface area contributed by atoms with E-state index in [4.69, 9.17) is 0 Å². The van der Waals surface area contributed by atoms with Crippen molar-refractivity contribution < 1.29 is 9.59 Å². The third-order valence-corrected chi connectivity index (χ3v) is 1.99. The van der Waals surface area contributed by atoms with Crippen LogP contribution in [0, 0.1) is 0 Å². The Morgan fingerprint density at radius 1 is 1.13 bits per heavy atom. The average Bonchev–Trinajstić information content (AvgIpc) is 2.18. The predicted molar refractivity (Wildman–Crippen MR) is 59.5 cm³/mol. The molecule has 0 aliphatic heterocycles. The molecule has 0 aliphatic rings. The molecule has 0 aliphatic carbocycles. The van der Waals surface area contributed by atoms with Crippen molar-refractivity contribution >= 4 is 11.8 Å². The average molecular weight is 215 g/mol. The van der Waals surface area contributed by atoms with Gasteiger partial charge in [-0.2, -0.15) is 0 Å². The second-order valence-electron chi connectivity index (χ2n) is 3.60. The fourth-order valence-electron chi connectivity index (χ4n) is 1.05. The topological polar surface area (TPSA) is 61.4 Å². The van der Waals surface area contributed by atoms with Gasteiger partial charge in [-0.3, -0.25) is 9.59 Å². The van der Waals surface area contributed by atoms with E-state index in [1.807, 2.05) is 7.05 Å². The number of hydrogen-bond donors (Lipinski definition) is 2. The standard InChI is InChI=1S/C10H21N3O2/c1-11-7-4-5-9(14)12-8-6-10(15)13(2)3/h11H,4-8H2,1-3H3,(H,12,14). The molecule has 0 rings (SSSR count). The van der Waals surface area contributed by atoms with Crippen LogP contribution in [0.4, 0.5) is 0 Å². The van der Waals surface area contributed by atoms with E-state index in [1.165, 1.54) is 4.90 Å². The molecule has 0 aromatic rings. The van der Waals surface area contributed by atoms with Gasteiger partial charge in [-0.25, -0.2) is 0 Å². The monoisotopic (exact) mass is 215 g/mol. The Hall–Kier alpha value is -1.10. The maximum atomic E-state index is 11.2. The third kappa shape index (κ3) is 7.93. The molecule has 0 radical (unpaired) electrons. The second kappa shape index (κ2) is 8.23. The molecule has 5 heteroatoms. The van der Waals surface area contributed by atoms with E-state index in [0.29, 0.717) is 19.4 Å². The maximum absolute atomic E-state index is 11.2. The van der Waals surface area contributed by atoms with E-state index < -0.39 is 0 Å².